The highest BCUT2D eigenvalue weighted by atomic mass is 127. The van der Waals surface area contributed by atoms with Gasteiger partial charge in [-0.3, -0.25) is 4.79 Å². The van der Waals surface area contributed by atoms with E-state index in [-0.39, 0.29) is 12.4 Å². The molecule has 122 valence electrons. The molecule has 0 saturated carbocycles. The maximum Gasteiger partial charge on any atom is 0.336 e. The Labute approximate surface area is 156 Å². The van der Waals surface area contributed by atoms with Gasteiger partial charge in [-0.15, -0.1) is 0 Å². The molecule has 2 aromatic carbocycles. The van der Waals surface area contributed by atoms with Gasteiger partial charge in [0.2, 0.25) is 0 Å². The van der Waals surface area contributed by atoms with Gasteiger partial charge < -0.3 is 9.15 Å². The minimum Gasteiger partial charge on any atom is -0.484 e. The lowest BCUT2D eigenvalue weighted by Gasteiger charge is -2.09. The number of fused-ring (bicyclic) bond motifs is 1. The van der Waals surface area contributed by atoms with Crippen LogP contribution in [0.4, 0.5) is 0 Å². The maximum absolute atomic E-state index is 12.2. The average molecular weight is 455 g/mol. The lowest BCUT2D eigenvalue weighted by molar-refractivity contribution is 0.0921. The standard InChI is InChI=1S/C18H12ClIO4/c1-10-6-18(22)24-16-8-17(14(19)7-13(10)16)23-9-15(21)11-2-4-12(20)5-3-11/h2-8H,9H2,1H3. The van der Waals surface area contributed by atoms with E-state index in [4.69, 9.17) is 20.8 Å². The van der Waals surface area contributed by atoms with Gasteiger partial charge in [-0.1, -0.05) is 23.7 Å². The van der Waals surface area contributed by atoms with Crippen molar-refractivity contribution in [1.82, 2.24) is 0 Å². The molecule has 0 spiro atoms. The first-order chi connectivity index (χ1) is 11.4. The third-order valence-corrected chi connectivity index (χ3v) is 4.54. The first kappa shape index (κ1) is 17.0. The van der Waals surface area contributed by atoms with Crippen molar-refractivity contribution in [3.8, 4) is 5.75 Å². The van der Waals surface area contributed by atoms with E-state index in [1.807, 2.05) is 12.1 Å². The van der Waals surface area contributed by atoms with Crippen LogP contribution in [-0.2, 0) is 0 Å². The molecule has 3 aromatic rings. The smallest absolute Gasteiger partial charge is 0.336 e. The molecule has 3 rings (SSSR count). The summed E-state index contributed by atoms with van der Waals surface area (Å²) in [6.45, 7) is 1.65. The number of ether oxygens (including phenoxy) is 1. The van der Waals surface area contributed by atoms with Gasteiger partial charge in [-0.05, 0) is 53.3 Å². The molecule has 0 amide bonds. The Morgan fingerprint density at radius 3 is 2.62 bits per heavy atom. The summed E-state index contributed by atoms with van der Waals surface area (Å²) in [6, 6.07) is 11.8. The van der Waals surface area contributed by atoms with Crippen LogP contribution in [0.1, 0.15) is 15.9 Å². The Morgan fingerprint density at radius 2 is 1.92 bits per heavy atom. The summed E-state index contributed by atoms with van der Waals surface area (Å²) in [6.07, 6.45) is 0. The topological polar surface area (TPSA) is 56.5 Å². The van der Waals surface area contributed by atoms with E-state index in [0.29, 0.717) is 21.9 Å². The van der Waals surface area contributed by atoms with Crippen LogP contribution in [0.5, 0.6) is 5.75 Å². The quantitative estimate of drug-likeness (QED) is 0.328. The monoisotopic (exact) mass is 454 g/mol. The van der Waals surface area contributed by atoms with Crippen LogP contribution < -0.4 is 10.4 Å². The summed E-state index contributed by atoms with van der Waals surface area (Å²) in [5, 5.41) is 1.09. The van der Waals surface area contributed by atoms with E-state index in [1.54, 1.807) is 25.1 Å². The van der Waals surface area contributed by atoms with Crippen LogP contribution in [0.3, 0.4) is 0 Å². The lowest BCUT2D eigenvalue weighted by Crippen LogP contribution is -2.11. The number of hydrogen-bond donors (Lipinski definition) is 0. The second-order valence-electron chi connectivity index (χ2n) is 5.25. The fourth-order valence-electron chi connectivity index (χ4n) is 2.29. The van der Waals surface area contributed by atoms with E-state index >= 15 is 0 Å². The molecule has 0 bridgehead atoms. The van der Waals surface area contributed by atoms with Crippen LogP contribution in [0.15, 0.2) is 51.7 Å². The normalized spacial score (nSPS) is 10.8. The minimum absolute atomic E-state index is 0.151. The third-order valence-electron chi connectivity index (χ3n) is 3.53. The number of carbonyl (C=O) groups is 1. The average Bonchev–Trinajstić information content (AvgIpc) is 2.54. The van der Waals surface area contributed by atoms with Gasteiger partial charge in [0.1, 0.15) is 11.3 Å². The molecule has 24 heavy (non-hydrogen) atoms. The molecule has 0 fully saturated rings. The molecule has 0 unspecified atom stereocenters. The SMILES string of the molecule is Cc1cc(=O)oc2cc(OCC(=O)c3ccc(I)cc3)c(Cl)cc12. The molecule has 0 aliphatic carbocycles. The van der Waals surface area contributed by atoms with Gasteiger partial charge in [-0.25, -0.2) is 4.79 Å². The zero-order chi connectivity index (χ0) is 17.3. The molecular weight excluding hydrogens is 443 g/mol. The Bertz CT molecular complexity index is 977. The summed E-state index contributed by atoms with van der Waals surface area (Å²) >= 11 is 8.38. The highest BCUT2D eigenvalue weighted by Gasteiger charge is 2.12. The van der Waals surface area contributed by atoms with Crippen molar-refractivity contribution in [2.75, 3.05) is 6.61 Å². The molecule has 0 radical (unpaired) electrons. The zero-order valence-electron chi connectivity index (χ0n) is 12.6. The van der Waals surface area contributed by atoms with E-state index in [9.17, 15) is 9.59 Å². The highest BCUT2D eigenvalue weighted by Crippen LogP contribution is 2.31. The molecule has 6 heteroatoms. The van der Waals surface area contributed by atoms with Gasteiger partial charge in [0.05, 0.1) is 5.02 Å². The summed E-state index contributed by atoms with van der Waals surface area (Å²) in [5.74, 6) is 0.144. The van der Waals surface area contributed by atoms with E-state index in [2.05, 4.69) is 22.6 Å². The Kier molecular flexibility index (Phi) is 4.91. The molecule has 0 aliphatic heterocycles. The third kappa shape index (κ3) is 3.62. The highest BCUT2D eigenvalue weighted by molar-refractivity contribution is 14.1. The van der Waals surface area contributed by atoms with Crippen LogP contribution in [-0.4, -0.2) is 12.4 Å². The second-order valence-corrected chi connectivity index (χ2v) is 6.90. The Morgan fingerprint density at radius 1 is 1.21 bits per heavy atom. The van der Waals surface area contributed by atoms with Gasteiger partial charge in [-0.2, -0.15) is 0 Å². The summed E-state index contributed by atoms with van der Waals surface area (Å²) in [4.78, 5) is 23.7. The van der Waals surface area contributed by atoms with Crippen LogP contribution in [0, 0.1) is 10.5 Å². The molecule has 4 nitrogen and oxygen atoms in total. The van der Waals surface area contributed by atoms with Gasteiger partial charge in [0.25, 0.3) is 0 Å². The fourth-order valence-corrected chi connectivity index (χ4v) is 2.87. The molecule has 0 N–H and O–H groups in total. The van der Waals surface area contributed by atoms with Crippen molar-refractivity contribution in [3.05, 3.63) is 72.6 Å². The number of carbonyl (C=O) groups excluding carboxylic acids is 1. The first-order valence-electron chi connectivity index (χ1n) is 7.09. The van der Waals surface area contributed by atoms with Gasteiger partial charge >= 0.3 is 5.63 Å². The summed E-state index contributed by atoms with van der Waals surface area (Å²) in [7, 11) is 0. The van der Waals surface area contributed by atoms with Crippen molar-refractivity contribution >= 4 is 50.9 Å². The molecular formula is C18H12ClIO4. The minimum atomic E-state index is -0.441. The van der Waals surface area contributed by atoms with Crippen LogP contribution in [0.2, 0.25) is 5.02 Å². The number of ketones is 1. The number of Topliss-reactive ketones (excluding diaryl/α,β-unsaturated/α-hetero) is 1. The van der Waals surface area contributed by atoms with Gasteiger partial charge in [0, 0.05) is 26.7 Å². The van der Waals surface area contributed by atoms with Crippen molar-refractivity contribution in [2.24, 2.45) is 0 Å². The Hall–Kier alpha value is -1.86. The first-order valence-corrected chi connectivity index (χ1v) is 8.55. The molecule has 1 heterocycles. The van der Waals surface area contributed by atoms with E-state index in [1.165, 1.54) is 12.1 Å². The summed E-state index contributed by atoms with van der Waals surface area (Å²) < 4.78 is 11.7. The van der Waals surface area contributed by atoms with Crippen molar-refractivity contribution < 1.29 is 13.9 Å². The fraction of sp³-hybridized carbons (Fsp3) is 0.111. The van der Waals surface area contributed by atoms with Crippen LogP contribution in [0.25, 0.3) is 11.0 Å². The summed E-state index contributed by atoms with van der Waals surface area (Å²) in [5.41, 5.74) is 1.27. The van der Waals surface area contributed by atoms with E-state index in [0.717, 1.165) is 14.5 Å². The zero-order valence-corrected chi connectivity index (χ0v) is 15.6. The molecule has 1 aromatic heterocycles. The number of benzene rings is 2. The Balaban J connectivity index is 1.84. The van der Waals surface area contributed by atoms with Crippen molar-refractivity contribution in [1.29, 1.82) is 0 Å². The largest absolute Gasteiger partial charge is 0.484 e. The molecule has 0 atom stereocenters. The second kappa shape index (κ2) is 6.94. The predicted molar refractivity (Wildman–Crippen MR) is 101 cm³/mol. The molecule has 0 saturated heterocycles. The van der Waals surface area contributed by atoms with Crippen molar-refractivity contribution in [3.63, 3.8) is 0 Å². The van der Waals surface area contributed by atoms with Crippen molar-refractivity contribution in [2.45, 2.75) is 6.92 Å². The number of rotatable bonds is 4. The van der Waals surface area contributed by atoms with Gasteiger partial charge in [0.15, 0.2) is 12.4 Å². The molecule has 0 aliphatic rings. The number of hydrogen-bond acceptors (Lipinski definition) is 4. The number of aryl methyl sites for hydroxylation is 1. The lowest BCUT2D eigenvalue weighted by atomic mass is 10.1. The maximum atomic E-state index is 12.2. The van der Waals surface area contributed by atoms with E-state index < -0.39 is 5.63 Å². The number of halogens is 2. The van der Waals surface area contributed by atoms with Crippen LogP contribution >= 0.6 is 34.2 Å². The predicted octanol–water partition coefficient (Wildman–Crippen LogP) is 4.62.